The molecule has 0 radical (unpaired) electrons. The molecule has 1 aromatic rings. The summed E-state index contributed by atoms with van der Waals surface area (Å²) in [6.07, 6.45) is 1.63. The van der Waals surface area contributed by atoms with Crippen molar-refractivity contribution in [1.29, 1.82) is 0 Å². The maximum absolute atomic E-state index is 11.9. The smallest absolute Gasteiger partial charge is 0.241 e. The average Bonchev–Trinajstić information content (AvgIpc) is 2.36. The van der Waals surface area contributed by atoms with Crippen LogP contribution in [0.2, 0.25) is 0 Å². The molecule has 0 saturated carbocycles. The molecule has 5 heteroatoms. The van der Waals surface area contributed by atoms with E-state index in [1.54, 1.807) is 0 Å². The second kappa shape index (κ2) is 9.61. The minimum atomic E-state index is -0.472. The van der Waals surface area contributed by atoms with E-state index in [1.165, 1.54) is 0 Å². The molecule has 0 aliphatic rings. The number of carbonyl (C=O) groups is 1. The van der Waals surface area contributed by atoms with E-state index in [0.29, 0.717) is 18.9 Å². The monoisotopic (exact) mass is 300 g/mol. The molecule has 0 heterocycles. The highest BCUT2D eigenvalue weighted by molar-refractivity contribution is 5.94. The van der Waals surface area contributed by atoms with E-state index in [4.69, 9.17) is 10.5 Å². The zero-order chi connectivity index (χ0) is 14.3. The number of hydrogen-bond acceptors (Lipinski definition) is 3. The summed E-state index contributed by atoms with van der Waals surface area (Å²) in [7, 11) is 0. The Hall–Kier alpha value is -1.26. The lowest BCUT2D eigenvalue weighted by molar-refractivity contribution is -0.117. The van der Waals surface area contributed by atoms with Crippen LogP contribution in [-0.2, 0) is 4.79 Å². The molecule has 1 aromatic carbocycles. The number of rotatable bonds is 7. The Balaban J connectivity index is 0.00000361. The van der Waals surface area contributed by atoms with E-state index in [0.717, 1.165) is 17.9 Å². The summed E-state index contributed by atoms with van der Waals surface area (Å²) in [5.74, 6) is 1.01. The molecule has 0 spiro atoms. The molecule has 20 heavy (non-hydrogen) atoms. The minimum Gasteiger partial charge on any atom is -0.494 e. The molecular weight excluding hydrogens is 276 g/mol. The molecule has 4 nitrogen and oxygen atoms in total. The van der Waals surface area contributed by atoms with Crippen molar-refractivity contribution < 1.29 is 9.53 Å². The maximum atomic E-state index is 11.9. The quantitative estimate of drug-likeness (QED) is 0.812. The molecule has 0 fully saturated rings. The van der Waals surface area contributed by atoms with Crippen LogP contribution >= 0.6 is 12.4 Å². The van der Waals surface area contributed by atoms with Crippen LogP contribution in [0.5, 0.6) is 5.75 Å². The zero-order valence-electron chi connectivity index (χ0n) is 12.4. The molecule has 3 N–H and O–H groups in total. The summed E-state index contributed by atoms with van der Waals surface area (Å²) in [6, 6.07) is 6.91. The third-order valence-corrected chi connectivity index (χ3v) is 2.64. The summed E-state index contributed by atoms with van der Waals surface area (Å²) in [5.41, 5.74) is 6.56. The number of amides is 1. The Bertz CT molecular complexity index is 411. The Morgan fingerprint density at radius 2 is 2.10 bits per heavy atom. The van der Waals surface area contributed by atoms with Crippen molar-refractivity contribution in [2.24, 2.45) is 11.7 Å². The Kier molecular flexibility index (Phi) is 9.01. The first-order valence-electron chi connectivity index (χ1n) is 6.82. The fourth-order valence-corrected chi connectivity index (χ4v) is 1.73. The normalized spacial score (nSPS) is 11.7. The number of benzene rings is 1. The SMILES string of the molecule is CCCOc1cccc(NC(=O)[C@@H](N)CC(C)C)c1.Cl. The molecule has 114 valence electrons. The fraction of sp³-hybridized carbons (Fsp3) is 0.533. The van der Waals surface area contributed by atoms with Crippen molar-refractivity contribution >= 4 is 24.0 Å². The fourth-order valence-electron chi connectivity index (χ4n) is 1.73. The van der Waals surface area contributed by atoms with E-state index in [9.17, 15) is 4.79 Å². The van der Waals surface area contributed by atoms with Gasteiger partial charge in [0.05, 0.1) is 12.6 Å². The topological polar surface area (TPSA) is 64.3 Å². The molecule has 0 aliphatic heterocycles. The Labute approximate surface area is 127 Å². The molecule has 1 amide bonds. The van der Waals surface area contributed by atoms with Crippen LogP contribution in [0.25, 0.3) is 0 Å². The lowest BCUT2D eigenvalue weighted by Gasteiger charge is -2.14. The van der Waals surface area contributed by atoms with Crippen LogP contribution in [0.1, 0.15) is 33.6 Å². The third kappa shape index (κ3) is 6.78. The molecule has 0 aromatic heterocycles. The van der Waals surface area contributed by atoms with Crippen LogP contribution in [0.3, 0.4) is 0 Å². The number of nitrogens with one attached hydrogen (secondary N) is 1. The van der Waals surface area contributed by atoms with Gasteiger partial charge in [0.25, 0.3) is 0 Å². The number of nitrogens with two attached hydrogens (primary N) is 1. The van der Waals surface area contributed by atoms with Crippen molar-refractivity contribution in [2.75, 3.05) is 11.9 Å². The van der Waals surface area contributed by atoms with Gasteiger partial charge in [-0.1, -0.05) is 26.8 Å². The highest BCUT2D eigenvalue weighted by Crippen LogP contribution is 2.18. The van der Waals surface area contributed by atoms with E-state index >= 15 is 0 Å². The summed E-state index contributed by atoms with van der Waals surface area (Å²) in [5, 5.41) is 2.82. The van der Waals surface area contributed by atoms with Crippen molar-refractivity contribution in [1.82, 2.24) is 0 Å². The summed E-state index contributed by atoms with van der Waals surface area (Å²) in [4.78, 5) is 11.9. The Morgan fingerprint density at radius 1 is 1.40 bits per heavy atom. The number of halogens is 1. The molecule has 1 atom stereocenters. The number of hydrogen-bond donors (Lipinski definition) is 2. The number of carbonyl (C=O) groups excluding carboxylic acids is 1. The van der Waals surface area contributed by atoms with Gasteiger partial charge in [0, 0.05) is 11.8 Å². The highest BCUT2D eigenvalue weighted by Gasteiger charge is 2.15. The number of ether oxygens (including phenoxy) is 1. The Morgan fingerprint density at radius 3 is 2.70 bits per heavy atom. The van der Waals surface area contributed by atoms with Crippen LogP contribution < -0.4 is 15.8 Å². The molecular formula is C15H25ClN2O2. The van der Waals surface area contributed by atoms with Gasteiger partial charge in [-0.05, 0) is 30.9 Å². The first kappa shape index (κ1) is 18.7. The van der Waals surface area contributed by atoms with Crippen LogP contribution in [0, 0.1) is 5.92 Å². The zero-order valence-corrected chi connectivity index (χ0v) is 13.2. The third-order valence-electron chi connectivity index (χ3n) is 2.64. The lowest BCUT2D eigenvalue weighted by Crippen LogP contribution is -2.36. The molecule has 0 unspecified atom stereocenters. The van der Waals surface area contributed by atoms with Gasteiger partial charge in [-0.3, -0.25) is 4.79 Å². The maximum Gasteiger partial charge on any atom is 0.241 e. The van der Waals surface area contributed by atoms with Gasteiger partial charge in [0.2, 0.25) is 5.91 Å². The predicted octanol–water partition coefficient (Wildman–Crippen LogP) is 3.21. The second-order valence-corrected chi connectivity index (χ2v) is 5.10. The van der Waals surface area contributed by atoms with E-state index in [-0.39, 0.29) is 18.3 Å². The van der Waals surface area contributed by atoms with Gasteiger partial charge in [0.1, 0.15) is 5.75 Å². The standard InChI is InChI=1S/C15H24N2O2.ClH/c1-4-8-19-13-7-5-6-12(10-13)17-15(18)14(16)9-11(2)3;/h5-7,10-11,14H,4,8-9,16H2,1-3H3,(H,17,18);1H/t14-;/m0./s1. The second-order valence-electron chi connectivity index (χ2n) is 5.10. The van der Waals surface area contributed by atoms with Gasteiger partial charge in [-0.15, -0.1) is 12.4 Å². The van der Waals surface area contributed by atoms with Crippen LogP contribution in [0.15, 0.2) is 24.3 Å². The van der Waals surface area contributed by atoms with E-state index < -0.39 is 6.04 Å². The van der Waals surface area contributed by atoms with Gasteiger partial charge in [0.15, 0.2) is 0 Å². The largest absolute Gasteiger partial charge is 0.494 e. The van der Waals surface area contributed by atoms with Gasteiger partial charge in [-0.2, -0.15) is 0 Å². The van der Waals surface area contributed by atoms with Crippen molar-refractivity contribution in [3.8, 4) is 5.75 Å². The van der Waals surface area contributed by atoms with E-state index in [2.05, 4.69) is 12.2 Å². The van der Waals surface area contributed by atoms with Gasteiger partial charge >= 0.3 is 0 Å². The van der Waals surface area contributed by atoms with Crippen LogP contribution in [0.4, 0.5) is 5.69 Å². The predicted molar refractivity (Wildman–Crippen MR) is 85.5 cm³/mol. The molecule has 1 rings (SSSR count). The first-order chi connectivity index (χ1) is 9.02. The summed E-state index contributed by atoms with van der Waals surface area (Å²) in [6.45, 7) is 6.82. The van der Waals surface area contributed by atoms with Crippen molar-refractivity contribution in [3.63, 3.8) is 0 Å². The number of anilines is 1. The molecule has 0 bridgehead atoms. The first-order valence-corrected chi connectivity index (χ1v) is 6.82. The van der Waals surface area contributed by atoms with E-state index in [1.807, 2.05) is 38.1 Å². The molecule has 0 saturated heterocycles. The highest BCUT2D eigenvalue weighted by atomic mass is 35.5. The van der Waals surface area contributed by atoms with Gasteiger partial charge < -0.3 is 15.8 Å². The minimum absolute atomic E-state index is 0. The lowest BCUT2D eigenvalue weighted by atomic mass is 10.0. The molecule has 0 aliphatic carbocycles. The summed E-state index contributed by atoms with van der Waals surface area (Å²) >= 11 is 0. The average molecular weight is 301 g/mol. The van der Waals surface area contributed by atoms with Gasteiger partial charge in [-0.25, -0.2) is 0 Å². The van der Waals surface area contributed by atoms with Crippen LogP contribution in [-0.4, -0.2) is 18.6 Å². The summed E-state index contributed by atoms with van der Waals surface area (Å²) < 4.78 is 5.52. The van der Waals surface area contributed by atoms with Crippen molar-refractivity contribution in [2.45, 2.75) is 39.7 Å². The van der Waals surface area contributed by atoms with Crippen molar-refractivity contribution in [3.05, 3.63) is 24.3 Å².